The van der Waals surface area contributed by atoms with Crippen LogP contribution in [0.2, 0.25) is 0 Å². The van der Waals surface area contributed by atoms with E-state index in [1.807, 2.05) is 23.0 Å². The molecule has 2 aromatic heterocycles. The van der Waals surface area contributed by atoms with E-state index in [1.165, 1.54) is 19.3 Å². The molecule has 1 saturated carbocycles. The van der Waals surface area contributed by atoms with Crippen LogP contribution < -0.4 is 0 Å². The van der Waals surface area contributed by atoms with Crippen LogP contribution in [-0.2, 0) is 5.41 Å². The number of hydrogen-bond donors (Lipinski definition) is 0. The highest BCUT2D eigenvalue weighted by molar-refractivity contribution is 7.10. The van der Waals surface area contributed by atoms with Gasteiger partial charge in [-0.3, -0.25) is 0 Å². The van der Waals surface area contributed by atoms with Gasteiger partial charge >= 0.3 is 0 Å². The van der Waals surface area contributed by atoms with Gasteiger partial charge in [-0.05, 0) is 31.4 Å². The molecule has 3 rings (SSSR count). The van der Waals surface area contributed by atoms with E-state index in [0.29, 0.717) is 6.04 Å². The molecule has 0 bridgehead atoms. The Balaban J connectivity index is 1.70. The molecule has 5 heteroatoms. The molecule has 20 heavy (non-hydrogen) atoms. The number of hydrogen-bond acceptors (Lipinski definition) is 4. The highest BCUT2D eigenvalue weighted by atomic mass is 32.1. The zero-order valence-electron chi connectivity index (χ0n) is 12.2. The van der Waals surface area contributed by atoms with Gasteiger partial charge in [0.25, 0.3) is 0 Å². The van der Waals surface area contributed by atoms with Crippen LogP contribution >= 0.6 is 11.3 Å². The Morgan fingerprint density at radius 1 is 1.30 bits per heavy atom. The molecule has 2 aromatic rings. The fourth-order valence-corrected chi connectivity index (χ4v) is 3.00. The van der Waals surface area contributed by atoms with Crippen LogP contribution in [0.15, 0.2) is 11.6 Å². The molecule has 0 aliphatic heterocycles. The Labute approximate surface area is 123 Å². The predicted octanol–water partition coefficient (Wildman–Crippen LogP) is 3.93. The maximum atomic E-state index is 4.64. The van der Waals surface area contributed by atoms with Gasteiger partial charge in [0, 0.05) is 10.8 Å². The van der Waals surface area contributed by atoms with E-state index in [4.69, 9.17) is 0 Å². The lowest BCUT2D eigenvalue weighted by molar-refractivity contribution is 0.284. The summed E-state index contributed by atoms with van der Waals surface area (Å²) in [6.07, 6.45) is 9.81. The first-order chi connectivity index (χ1) is 9.52. The van der Waals surface area contributed by atoms with Crippen molar-refractivity contribution in [1.29, 1.82) is 0 Å². The minimum absolute atomic E-state index is 0.107. The smallest absolute Gasteiger partial charge is 0.116 e. The summed E-state index contributed by atoms with van der Waals surface area (Å²) in [6, 6.07) is 0.567. The lowest BCUT2D eigenvalue weighted by Gasteiger charge is -2.24. The highest BCUT2D eigenvalue weighted by Gasteiger charge is 2.20. The molecule has 1 fully saturated rings. The Morgan fingerprint density at radius 2 is 2.10 bits per heavy atom. The second kappa shape index (κ2) is 5.13. The van der Waals surface area contributed by atoms with E-state index in [2.05, 4.69) is 41.4 Å². The molecule has 0 amide bonds. The summed E-state index contributed by atoms with van der Waals surface area (Å²) in [5.74, 6) is 0. The third kappa shape index (κ3) is 2.82. The molecule has 1 aliphatic carbocycles. The van der Waals surface area contributed by atoms with Crippen molar-refractivity contribution in [3.05, 3.63) is 28.0 Å². The molecule has 0 aromatic carbocycles. The van der Waals surface area contributed by atoms with Crippen molar-refractivity contribution in [2.75, 3.05) is 0 Å². The molecule has 0 unspecified atom stereocenters. The fraction of sp³-hybridized carbons (Fsp3) is 0.533. The molecule has 0 radical (unpaired) electrons. The SMILES string of the molecule is CC(C)(C)c1csc(C=Cc2cn(C3CCC3)nn2)n1. The highest BCUT2D eigenvalue weighted by Crippen LogP contribution is 2.30. The van der Waals surface area contributed by atoms with E-state index < -0.39 is 0 Å². The summed E-state index contributed by atoms with van der Waals surface area (Å²) < 4.78 is 1.99. The van der Waals surface area contributed by atoms with Crippen LogP contribution in [0.1, 0.15) is 62.5 Å². The van der Waals surface area contributed by atoms with Crippen LogP contribution in [0.25, 0.3) is 12.2 Å². The third-order valence-electron chi connectivity index (χ3n) is 3.66. The van der Waals surface area contributed by atoms with Gasteiger partial charge < -0.3 is 0 Å². The standard InChI is InChI=1S/C15H20N4S/c1-15(2,3)13-10-20-14(16-13)8-7-11-9-19(18-17-11)12-5-4-6-12/h7-10,12H,4-6H2,1-3H3. The van der Waals surface area contributed by atoms with Gasteiger partial charge in [0.1, 0.15) is 10.7 Å². The third-order valence-corrected chi connectivity index (χ3v) is 4.47. The average molecular weight is 288 g/mol. The van der Waals surface area contributed by atoms with Gasteiger partial charge in [-0.2, -0.15) is 0 Å². The van der Waals surface area contributed by atoms with Crippen LogP contribution in [0.5, 0.6) is 0 Å². The van der Waals surface area contributed by atoms with Crippen LogP contribution in [0.3, 0.4) is 0 Å². The van der Waals surface area contributed by atoms with Crippen molar-refractivity contribution in [2.45, 2.75) is 51.5 Å². The quantitative estimate of drug-likeness (QED) is 0.859. The topological polar surface area (TPSA) is 43.6 Å². The summed E-state index contributed by atoms with van der Waals surface area (Å²) in [5, 5.41) is 11.5. The summed E-state index contributed by atoms with van der Waals surface area (Å²) in [7, 11) is 0. The predicted molar refractivity (Wildman–Crippen MR) is 82.7 cm³/mol. The van der Waals surface area contributed by atoms with Crippen molar-refractivity contribution in [3.63, 3.8) is 0 Å². The number of rotatable bonds is 3. The molecule has 1 aliphatic rings. The Kier molecular flexibility index (Phi) is 3.46. The van der Waals surface area contributed by atoms with E-state index in [-0.39, 0.29) is 5.41 Å². The molecule has 0 saturated heterocycles. The monoisotopic (exact) mass is 288 g/mol. The molecule has 4 nitrogen and oxygen atoms in total. The van der Waals surface area contributed by atoms with Crippen LogP contribution in [0, 0.1) is 0 Å². The van der Waals surface area contributed by atoms with Gasteiger partial charge in [-0.25, -0.2) is 9.67 Å². The molecular weight excluding hydrogens is 268 g/mol. The normalized spacial score (nSPS) is 16.8. The molecule has 0 N–H and O–H groups in total. The zero-order valence-corrected chi connectivity index (χ0v) is 13.0. The lowest BCUT2D eigenvalue weighted by atomic mass is 9.93. The summed E-state index contributed by atoms with van der Waals surface area (Å²) in [4.78, 5) is 4.64. The van der Waals surface area contributed by atoms with Gasteiger partial charge in [-0.15, -0.1) is 16.4 Å². The van der Waals surface area contributed by atoms with E-state index in [1.54, 1.807) is 11.3 Å². The minimum Gasteiger partial charge on any atom is -0.249 e. The van der Waals surface area contributed by atoms with E-state index in [9.17, 15) is 0 Å². The van der Waals surface area contributed by atoms with Gasteiger partial charge in [-0.1, -0.05) is 26.0 Å². The fourth-order valence-electron chi connectivity index (χ4n) is 2.06. The molecule has 106 valence electrons. The second-order valence-corrected chi connectivity index (χ2v) is 7.25. The summed E-state index contributed by atoms with van der Waals surface area (Å²) >= 11 is 1.67. The van der Waals surface area contributed by atoms with Gasteiger partial charge in [0.15, 0.2) is 0 Å². The number of nitrogens with zero attached hydrogens (tertiary/aromatic N) is 4. The minimum atomic E-state index is 0.107. The molecule has 0 spiro atoms. The van der Waals surface area contributed by atoms with Gasteiger partial charge in [0.2, 0.25) is 0 Å². The van der Waals surface area contributed by atoms with Crippen molar-refractivity contribution < 1.29 is 0 Å². The number of aromatic nitrogens is 4. The van der Waals surface area contributed by atoms with Crippen molar-refractivity contribution in [1.82, 2.24) is 20.0 Å². The number of thiazole rings is 1. The first-order valence-corrected chi connectivity index (χ1v) is 7.96. The molecular formula is C15H20N4S. The second-order valence-electron chi connectivity index (χ2n) is 6.36. The lowest BCUT2D eigenvalue weighted by Crippen LogP contribution is -2.17. The van der Waals surface area contributed by atoms with E-state index >= 15 is 0 Å². The molecule has 2 heterocycles. The summed E-state index contributed by atoms with van der Waals surface area (Å²) in [5.41, 5.74) is 2.15. The Morgan fingerprint density at radius 3 is 2.70 bits per heavy atom. The van der Waals surface area contributed by atoms with Crippen molar-refractivity contribution in [3.8, 4) is 0 Å². The first-order valence-electron chi connectivity index (χ1n) is 7.08. The van der Waals surface area contributed by atoms with Crippen molar-refractivity contribution in [2.24, 2.45) is 0 Å². The first kappa shape index (κ1) is 13.5. The van der Waals surface area contributed by atoms with Gasteiger partial charge in [0.05, 0.1) is 17.9 Å². The summed E-state index contributed by atoms with van der Waals surface area (Å²) in [6.45, 7) is 6.54. The molecule has 0 atom stereocenters. The van der Waals surface area contributed by atoms with Crippen molar-refractivity contribution >= 4 is 23.5 Å². The Bertz CT molecular complexity index is 614. The zero-order chi connectivity index (χ0) is 14.2. The largest absolute Gasteiger partial charge is 0.249 e. The van der Waals surface area contributed by atoms with Crippen LogP contribution in [-0.4, -0.2) is 20.0 Å². The van der Waals surface area contributed by atoms with Crippen LogP contribution in [0.4, 0.5) is 0 Å². The Hall–Kier alpha value is -1.49. The van der Waals surface area contributed by atoms with E-state index in [0.717, 1.165) is 16.4 Å². The average Bonchev–Trinajstić information content (AvgIpc) is 2.91. The maximum Gasteiger partial charge on any atom is 0.116 e. The maximum absolute atomic E-state index is 4.64.